The van der Waals surface area contributed by atoms with Crippen LogP contribution in [0.4, 0.5) is 11.5 Å². The number of benzene rings is 1. The Morgan fingerprint density at radius 2 is 1.84 bits per heavy atom. The summed E-state index contributed by atoms with van der Waals surface area (Å²) in [6, 6.07) is 6.84. The Bertz CT molecular complexity index is 735. The third-order valence-corrected chi connectivity index (χ3v) is 3.26. The molecule has 0 bridgehead atoms. The Kier molecular flexibility index (Phi) is 3.18. The predicted molar refractivity (Wildman–Crippen MR) is 75.5 cm³/mol. The first-order valence-electron chi connectivity index (χ1n) is 5.22. The maximum Gasteiger partial charge on any atom is 0.255 e. The summed E-state index contributed by atoms with van der Waals surface area (Å²) in [4.78, 5) is 8.01. The van der Waals surface area contributed by atoms with Crippen molar-refractivity contribution in [1.82, 2.24) is 19.6 Å². The zero-order valence-electron chi connectivity index (χ0n) is 9.31. The molecular formula is C11H6Cl3N5. The van der Waals surface area contributed by atoms with E-state index in [1.165, 1.54) is 10.8 Å². The summed E-state index contributed by atoms with van der Waals surface area (Å²) in [5.74, 6) is 0.959. The van der Waals surface area contributed by atoms with Crippen LogP contribution in [0.3, 0.4) is 0 Å². The maximum atomic E-state index is 6.10. The molecular weight excluding hydrogens is 309 g/mol. The number of hydrogen-bond donors (Lipinski definition) is 1. The van der Waals surface area contributed by atoms with E-state index in [1.807, 2.05) is 0 Å². The first kappa shape index (κ1) is 12.5. The summed E-state index contributed by atoms with van der Waals surface area (Å²) >= 11 is 18.1. The van der Waals surface area contributed by atoms with Gasteiger partial charge >= 0.3 is 0 Å². The first-order chi connectivity index (χ1) is 9.15. The van der Waals surface area contributed by atoms with E-state index < -0.39 is 0 Å². The van der Waals surface area contributed by atoms with E-state index in [9.17, 15) is 0 Å². The van der Waals surface area contributed by atoms with Crippen LogP contribution in [0, 0.1) is 0 Å². The molecule has 1 aromatic carbocycles. The van der Waals surface area contributed by atoms with Gasteiger partial charge in [0.2, 0.25) is 0 Å². The van der Waals surface area contributed by atoms with Gasteiger partial charge in [-0.1, -0.05) is 40.9 Å². The molecule has 8 heteroatoms. The minimum atomic E-state index is 0.297. The number of rotatable bonds is 2. The molecule has 1 N–H and O–H groups in total. The number of hydrogen-bond acceptors (Lipinski definition) is 4. The lowest BCUT2D eigenvalue weighted by Crippen LogP contribution is -2.02. The molecule has 0 aliphatic heterocycles. The monoisotopic (exact) mass is 313 g/mol. The van der Waals surface area contributed by atoms with Crippen LogP contribution in [0.25, 0.3) is 5.78 Å². The average Bonchev–Trinajstić information content (AvgIpc) is 2.81. The van der Waals surface area contributed by atoms with Gasteiger partial charge in [-0.2, -0.15) is 19.6 Å². The quantitative estimate of drug-likeness (QED) is 0.730. The Labute approximate surface area is 123 Å². The fraction of sp³-hybridized carbons (Fsp3) is 0. The van der Waals surface area contributed by atoms with E-state index >= 15 is 0 Å². The molecule has 5 nitrogen and oxygen atoms in total. The number of nitrogens with zero attached hydrogens (tertiary/aromatic N) is 4. The van der Waals surface area contributed by atoms with Crippen molar-refractivity contribution in [2.24, 2.45) is 0 Å². The van der Waals surface area contributed by atoms with Gasteiger partial charge in [0.15, 0.2) is 0 Å². The maximum absolute atomic E-state index is 6.10. The van der Waals surface area contributed by atoms with Gasteiger partial charge in [0.1, 0.15) is 17.3 Å². The lowest BCUT2D eigenvalue weighted by Gasteiger charge is -2.11. The largest absolute Gasteiger partial charge is 0.338 e. The third kappa shape index (κ3) is 2.32. The molecule has 0 aliphatic rings. The second-order valence-electron chi connectivity index (χ2n) is 3.66. The van der Waals surface area contributed by atoms with Crippen molar-refractivity contribution in [2.45, 2.75) is 0 Å². The molecule has 0 saturated carbocycles. The number of para-hydroxylation sites is 1. The molecule has 3 rings (SSSR count). The summed E-state index contributed by atoms with van der Waals surface area (Å²) in [5, 5.41) is 8.42. The highest BCUT2D eigenvalue weighted by Crippen LogP contribution is 2.32. The standard InChI is InChI=1S/C11H6Cl3N5/c12-6-2-1-3-7(13)10(6)18-9-4-8(14)17-11-15-5-16-19(9)11/h1-5,18H. The number of aromatic nitrogens is 4. The Balaban J connectivity index is 2.13. The minimum Gasteiger partial charge on any atom is -0.338 e. The number of halogens is 3. The van der Waals surface area contributed by atoms with Crippen molar-refractivity contribution in [3.8, 4) is 0 Å². The van der Waals surface area contributed by atoms with Crippen LogP contribution in [0.2, 0.25) is 15.2 Å². The SMILES string of the molecule is Clc1cc(Nc2c(Cl)cccc2Cl)n2ncnc2n1. The molecule has 2 heterocycles. The molecule has 3 aromatic rings. The summed E-state index contributed by atoms with van der Waals surface area (Å²) < 4.78 is 1.51. The summed E-state index contributed by atoms with van der Waals surface area (Å²) in [6.45, 7) is 0. The van der Waals surface area contributed by atoms with Gasteiger partial charge in [-0.05, 0) is 12.1 Å². The van der Waals surface area contributed by atoms with Crippen LogP contribution < -0.4 is 5.32 Å². The first-order valence-corrected chi connectivity index (χ1v) is 6.36. The number of nitrogens with one attached hydrogen (secondary N) is 1. The van der Waals surface area contributed by atoms with Crippen molar-refractivity contribution in [3.63, 3.8) is 0 Å². The van der Waals surface area contributed by atoms with Crippen LogP contribution in [-0.4, -0.2) is 19.6 Å². The molecule has 0 unspecified atom stereocenters. The average molecular weight is 315 g/mol. The molecule has 0 saturated heterocycles. The van der Waals surface area contributed by atoms with Gasteiger partial charge in [-0.15, -0.1) is 0 Å². The van der Waals surface area contributed by atoms with Crippen molar-refractivity contribution in [1.29, 1.82) is 0 Å². The van der Waals surface area contributed by atoms with Crippen molar-refractivity contribution >= 4 is 52.1 Å². The highest BCUT2D eigenvalue weighted by molar-refractivity contribution is 6.39. The van der Waals surface area contributed by atoms with Crippen molar-refractivity contribution < 1.29 is 0 Å². The Hall–Kier alpha value is -1.56. The van der Waals surface area contributed by atoms with Gasteiger partial charge in [0.05, 0.1) is 15.7 Å². The van der Waals surface area contributed by atoms with Crippen LogP contribution in [-0.2, 0) is 0 Å². The van der Waals surface area contributed by atoms with E-state index in [0.29, 0.717) is 32.5 Å². The summed E-state index contributed by atoms with van der Waals surface area (Å²) in [5.41, 5.74) is 0.574. The molecule has 96 valence electrons. The Morgan fingerprint density at radius 1 is 1.11 bits per heavy atom. The molecule has 19 heavy (non-hydrogen) atoms. The fourth-order valence-corrected chi connectivity index (χ4v) is 2.29. The zero-order valence-corrected chi connectivity index (χ0v) is 11.6. The zero-order chi connectivity index (χ0) is 13.4. The third-order valence-electron chi connectivity index (χ3n) is 2.44. The molecule has 0 spiro atoms. The van der Waals surface area contributed by atoms with Gasteiger partial charge in [0.25, 0.3) is 5.78 Å². The predicted octanol–water partition coefficient (Wildman–Crippen LogP) is 3.83. The highest BCUT2D eigenvalue weighted by atomic mass is 35.5. The van der Waals surface area contributed by atoms with E-state index in [1.54, 1.807) is 24.3 Å². The molecule has 0 radical (unpaired) electrons. The molecule has 0 amide bonds. The molecule has 0 atom stereocenters. The van der Waals surface area contributed by atoms with E-state index in [0.717, 1.165) is 0 Å². The van der Waals surface area contributed by atoms with E-state index in [-0.39, 0.29) is 0 Å². The normalized spacial score (nSPS) is 10.9. The Morgan fingerprint density at radius 3 is 2.58 bits per heavy atom. The van der Waals surface area contributed by atoms with Crippen LogP contribution in [0.1, 0.15) is 0 Å². The fourth-order valence-electron chi connectivity index (χ4n) is 1.62. The minimum absolute atomic E-state index is 0.297. The second-order valence-corrected chi connectivity index (χ2v) is 4.86. The molecule has 2 aromatic heterocycles. The molecule has 0 fully saturated rings. The molecule has 0 aliphatic carbocycles. The van der Waals surface area contributed by atoms with Gasteiger partial charge in [0, 0.05) is 6.07 Å². The van der Waals surface area contributed by atoms with Crippen LogP contribution >= 0.6 is 34.8 Å². The topological polar surface area (TPSA) is 55.1 Å². The van der Waals surface area contributed by atoms with E-state index in [2.05, 4.69) is 20.4 Å². The van der Waals surface area contributed by atoms with Crippen molar-refractivity contribution in [2.75, 3.05) is 5.32 Å². The number of anilines is 2. The smallest absolute Gasteiger partial charge is 0.255 e. The second kappa shape index (κ2) is 4.85. The van der Waals surface area contributed by atoms with Gasteiger partial charge in [-0.25, -0.2) is 0 Å². The van der Waals surface area contributed by atoms with Crippen LogP contribution in [0.15, 0.2) is 30.6 Å². The van der Waals surface area contributed by atoms with Crippen molar-refractivity contribution in [3.05, 3.63) is 45.8 Å². The lowest BCUT2D eigenvalue weighted by atomic mass is 10.3. The van der Waals surface area contributed by atoms with Gasteiger partial charge < -0.3 is 5.32 Å². The highest BCUT2D eigenvalue weighted by Gasteiger charge is 2.10. The van der Waals surface area contributed by atoms with Crippen LogP contribution in [0.5, 0.6) is 0 Å². The lowest BCUT2D eigenvalue weighted by molar-refractivity contribution is 0.947. The van der Waals surface area contributed by atoms with Gasteiger partial charge in [-0.3, -0.25) is 0 Å². The summed E-state index contributed by atoms with van der Waals surface area (Å²) in [6.07, 6.45) is 1.39. The number of fused-ring (bicyclic) bond motifs is 1. The van der Waals surface area contributed by atoms with E-state index in [4.69, 9.17) is 34.8 Å². The summed E-state index contributed by atoms with van der Waals surface area (Å²) in [7, 11) is 0.